The van der Waals surface area contributed by atoms with E-state index in [1.807, 2.05) is 12.1 Å². The standard InChI is InChI=1S/C24H34N4O3S/c1-2-18-5-6-22-19(14-18)15-20(23(29)26-22)17-28(8-7-27-9-12-30-13-10-27)24(32)25-16-21-4-3-11-31-21/h5-6,14-15,21H,2-4,7-13,16-17H2,1H3,(H,25,32)(H,26,29). The first-order chi connectivity index (χ1) is 15.6. The molecular formula is C24H34N4O3S. The summed E-state index contributed by atoms with van der Waals surface area (Å²) in [6.07, 6.45) is 3.35. The van der Waals surface area contributed by atoms with Crippen molar-refractivity contribution in [3.05, 3.63) is 45.7 Å². The van der Waals surface area contributed by atoms with Gasteiger partial charge >= 0.3 is 0 Å². The Morgan fingerprint density at radius 2 is 2.12 bits per heavy atom. The van der Waals surface area contributed by atoms with Crippen LogP contribution >= 0.6 is 12.2 Å². The third-order valence-corrected chi connectivity index (χ3v) is 6.74. The van der Waals surface area contributed by atoms with Crippen LogP contribution in [0.15, 0.2) is 29.1 Å². The molecule has 2 aromatic rings. The molecule has 0 saturated carbocycles. The van der Waals surface area contributed by atoms with Gasteiger partial charge in [-0.15, -0.1) is 0 Å². The average molecular weight is 459 g/mol. The van der Waals surface area contributed by atoms with Crippen LogP contribution in [0, 0.1) is 0 Å². The number of aromatic amines is 1. The lowest BCUT2D eigenvalue weighted by molar-refractivity contribution is 0.0356. The van der Waals surface area contributed by atoms with E-state index in [1.165, 1.54) is 5.56 Å². The third-order valence-electron chi connectivity index (χ3n) is 6.34. The minimum atomic E-state index is -0.0555. The van der Waals surface area contributed by atoms with Crippen molar-refractivity contribution in [2.24, 2.45) is 0 Å². The summed E-state index contributed by atoms with van der Waals surface area (Å²) >= 11 is 5.76. The molecule has 2 aliphatic heterocycles. The lowest BCUT2D eigenvalue weighted by Crippen LogP contribution is -2.47. The molecule has 0 radical (unpaired) electrons. The fourth-order valence-corrected chi connectivity index (χ4v) is 4.54. The van der Waals surface area contributed by atoms with Gasteiger partial charge in [0.15, 0.2) is 5.11 Å². The first-order valence-corrected chi connectivity index (χ1v) is 12.1. The molecule has 0 amide bonds. The number of H-pyrrole nitrogens is 1. The van der Waals surface area contributed by atoms with E-state index in [2.05, 4.69) is 39.2 Å². The first kappa shape index (κ1) is 23.2. The topological polar surface area (TPSA) is 69.8 Å². The number of thiocarbonyl (C=S) groups is 1. The molecule has 2 N–H and O–H groups in total. The van der Waals surface area contributed by atoms with E-state index < -0.39 is 0 Å². The molecule has 3 heterocycles. The van der Waals surface area contributed by atoms with Gasteiger partial charge in [0, 0.05) is 50.4 Å². The molecule has 32 heavy (non-hydrogen) atoms. The van der Waals surface area contributed by atoms with Crippen LogP contribution in [0.1, 0.15) is 30.9 Å². The minimum Gasteiger partial charge on any atom is -0.379 e. The molecule has 1 aromatic heterocycles. The maximum Gasteiger partial charge on any atom is 0.253 e. The number of aryl methyl sites for hydroxylation is 1. The van der Waals surface area contributed by atoms with Gasteiger partial charge in [-0.25, -0.2) is 0 Å². The van der Waals surface area contributed by atoms with Crippen LogP contribution in [0.5, 0.6) is 0 Å². The van der Waals surface area contributed by atoms with Crippen molar-refractivity contribution in [2.45, 2.75) is 38.8 Å². The lowest BCUT2D eigenvalue weighted by atomic mass is 10.1. The van der Waals surface area contributed by atoms with E-state index in [0.717, 1.165) is 81.7 Å². The summed E-state index contributed by atoms with van der Waals surface area (Å²) in [7, 11) is 0. The number of ether oxygens (including phenoxy) is 2. The normalized spacial score (nSPS) is 19.3. The monoisotopic (exact) mass is 458 g/mol. The molecule has 0 spiro atoms. The van der Waals surface area contributed by atoms with E-state index in [-0.39, 0.29) is 11.7 Å². The number of morpholine rings is 1. The zero-order chi connectivity index (χ0) is 22.3. The number of fused-ring (bicyclic) bond motifs is 1. The van der Waals surface area contributed by atoms with E-state index in [4.69, 9.17) is 21.7 Å². The lowest BCUT2D eigenvalue weighted by Gasteiger charge is -2.31. The molecule has 8 heteroatoms. The zero-order valence-corrected chi connectivity index (χ0v) is 19.7. The predicted molar refractivity (Wildman–Crippen MR) is 131 cm³/mol. The molecule has 2 saturated heterocycles. The molecule has 1 atom stereocenters. The molecule has 1 aromatic carbocycles. The molecule has 1 unspecified atom stereocenters. The molecule has 2 fully saturated rings. The number of aromatic nitrogens is 1. The van der Waals surface area contributed by atoms with E-state index in [1.54, 1.807) is 0 Å². The molecule has 0 aliphatic carbocycles. The first-order valence-electron chi connectivity index (χ1n) is 11.7. The van der Waals surface area contributed by atoms with Crippen molar-refractivity contribution in [3.63, 3.8) is 0 Å². The highest BCUT2D eigenvalue weighted by molar-refractivity contribution is 7.80. The van der Waals surface area contributed by atoms with Gasteiger partial charge in [-0.2, -0.15) is 0 Å². The highest BCUT2D eigenvalue weighted by Gasteiger charge is 2.19. The summed E-state index contributed by atoms with van der Waals surface area (Å²) in [4.78, 5) is 20.4. The summed E-state index contributed by atoms with van der Waals surface area (Å²) in [5.74, 6) is 0. The van der Waals surface area contributed by atoms with Crippen LogP contribution in [-0.4, -0.2) is 78.5 Å². The summed E-state index contributed by atoms with van der Waals surface area (Å²) in [5.41, 5.74) is 2.80. The molecule has 7 nitrogen and oxygen atoms in total. The van der Waals surface area contributed by atoms with Crippen molar-refractivity contribution >= 4 is 28.2 Å². The van der Waals surface area contributed by atoms with Gasteiger partial charge in [-0.3, -0.25) is 9.69 Å². The van der Waals surface area contributed by atoms with Gasteiger partial charge in [-0.05, 0) is 60.6 Å². The zero-order valence-electron chi connectivity index (χ0n) is 18.9. The van der Waals surface area contributed by atoms with Gasteiger partial charge in [0.05, 0.1) is 25.9 Å². The third kappa shape index (κ3) is 6.07. The summed E-state index contributed by atoms with van der Waals surface area (Å²) < 4.78 is 11.2. The number of pyridine rings is 1. The van der Waals surface area contributed by atoms with Gasteiger partial charge in [0.1, 0.15) is 0 Å². The van der Waals surface area contributed by atoms with Crippen LogP contribution in [0.3, 0.4) is 0 Å². The summed E-state index contributed by atoms with van der Waals surface area (Å²) in [6.45, 7) is 9.19. The number of rotatable bonds is 8. The van der Waals surface area contributed by atoms with E-state index in [9.17, 15) is 4.79 Å². The van der Waals surface area contributed by atoms with Crippen molar-refractivity contribution < 1.29 is 9.47 Å². The van der Waals surface area contributed by atoms with E-state index in [0.29, 0.717) is 18.2 Å². The maximum atomic E-state index is 12.8. The smallest absolute Gasteiger partial charge is 0.253 e. The van der Waals surface area contributed by atoms with Crippen molar-refractivity contribution in [2.75, 3.05) is 52.5 Å². The van der Waals surface area contributed by atoms with Gasteiger partial charge in [0.2, 0.25) is 0 Å². The van der Waals surface area contributed by atoms with Crippen LogP contribution in [0.2, 0.25) is 0 Å². The Bertz CT molecular complexity index is 967. The maximum absolute atomic E-state index is 12.8. The van der Waals surface area contributed by atoms with E-state index >= 15 is 0 Å². The number of nitrogens with zero attached hydrogens (tertiary/aromatic N) is 2. The van der Waals surface area contributed by atoms with Gasteiger partial charge in [-0.1, -0.05) is 13.0 Å². The highest BCUT2D eigenvalue weighted by atomic mass is 32.1. The van der Waals surface area contributed by atoms with Gasteiger partial charge < -0.3 is 24.7 Å². The summed E-state index contributed by atoms with van der Waals surface area (Å²) in [6, 6.07) is 8.22. The molecule has 4 rings (SSSR count). The predicted octanol–water partition coefficient (Wildman–Crippen LogP) is 2.28. The Morgan fingerprint density at radius 3 is 2.88 bits per heavy atom. The second kappa shape index (κ2) is 11.2. The quantitative estimate of drug-likeness (QED) is 0.588. The molecule has 2 aliphatic rings. The number of hydrogen-bond donors (Lipinski definition) is 2. The van der Waals surface area contributed by atoms with Crippen LogP contribution in [-0.2, 0) is 22.4 Å². The number of hydrogen-bond acceptors (Lipinski definition) is 5. The Morgan fingerprint density at radius 1 is 1.28 bits per heavy atom. The Labute approximate surface area is 195 Å². The fourth-order valence-electron chi connectivity index (χ4n) is 4.30. The Kier molecular flexibility index (Phi) is 8.13. The van der Waals surface area contributed by atoms with Crippen molar-refractivity contribution in [3.8, 4) is 0 Å². The van der Waals surface area contributed by atoms with Crippen LogP contribution in [0.4, 0.5) is 0 Å². The Hall–Kier alpha value is -2.00. The van der Waals surface area contributed by atoms with Gasteiger partial charge in [0.25, 0.3) is 5.56 Å². The second-order valence-electron chi connectivity index (χ2n) is 8.60. The van der Waals surface area contributed by atoms with Crippen LogP contribution in [0.25, 0.3) is 10.9 Å². The van der Waals surface area contributed by atoms with Crippen molar-refractivity contribution in [1.29, 1.82) is 0 Å². The second-order valence-corrected chi connectivity index (χ2v) is 8.98. The number of benzene rings is 1. The SMILES string of the molecule is CCc1ccc2[nH]c(=O)c(CN(CCN3CCOCC3)C(=S)NCC3CCCO3)cc2c1. The summed E-state index contributed by atoms with van der Waals surface area (Å²) in [5, 5.41) is 5.12. The molecule has 0 bridgehead atoms. The van der Waals surface area contributed by atoms with Crippen molar-refractivity contribution in [1.82, 2.24) is 20.1 Å². The Balaban J connectivity index is 1.49. The fraction of sp³-hybridized carbons (Fsp3) is 0.583. The molecule has 174 valence electrons. The minimum absolute atomic E-state index is 0.0555. The molecular weight excluding hydrogens is 424 g/mol. The average Bonchev–Trinajstić information content (AvgIpc) is 3.34. The highest BCUT2D eigenvalue weighted by Crippen LogP contribution is 2.16. The largest absolute Gasteiger partial charge is 0.379 e. The van der Waals surface area contributed by atoms with Crippen LogP contribution < -0.4 is 10.9 Å². The number of nitrogens with one attached hydrogen (secondary N) is 2.